The van der Waals surface area contributed by atoms with E-state index in [1.54, 1.807) is 0 Å². The van der Waals surface area contributed by atoms with Gasteiger partial charge in [0.2, 0.25) is 0 Å². The molecule has 0 spiro atoms. The van der Waals surface area contributed by atoms with E-state index in [0.29, 0.717) is 12.0 Å². The van der Waals surface area contributed by atoms with Gasteiger partial charge in [-0.25, -0.2) is 9.97 Å². The second-order valence-corrected chi connectivity index (χ2v) is 5.73. The first kappa shape index (κ1) is 14.6. The summed E-state index contributed by atoms with van der Waals surface area (Å²) < 4.78 is 2.03. The van der Waals surface area contributed by atoms with Crippen LogP contribution in [0.25, 0.3) is 5.65 Å². The van der Waals surface area contributed by atoms with Gasteiger partial charge in [-0.15, -0.1) is 0 Å². The number of fused-ring (bicyclic) bond motifs is 1. The van der Waals surface area contributed by atoms with Crippen molar-refractivity contribution in [2.24, 2.45) is 5.92 Å². The second kappa shape index (κ2) is 6.11. The summed E-state index contributed by atoms with van der Waals surface area (Å²) in [6.07, 6.45) is 6.90. The van der Waals surface area contributed by atoms with Gasteiger partial charge in [-0.1, -0.05) is 13.8 Å². The fraction of sp³-hybridized carbons (Fsp3) is 0.600. The largest absolute Gasteiger partial charge is 0.369 e. The summed E-state index contributed by atoms with van der Waals surface area (Å²) in [6.45, 7) is 9.67. The molecule has 2 aromatic heterocycles. The minimum absolute atomic E-state index is 0.430. The van der Waals surface area contributed by atoms with E-state index < -0.39 is 0 Å². The van der Waals surface area contributed by atoms with Gasteiger partial charge in [-0.05, 0) is 26.2 Å². The van der Waals surface area contributed by atoms with Gasteiger partial charge in [-0.3, -0.25) is 0 Å². The van der Waals surface area contributed by atoms with Crippen LogP contribution in [-0.2, 0) is 0 Å². The van der Waals surface area contributed by atoms with Gasteiger partial charge in [0.1, 0.15) is 5.82 Å². The van der Waals surface area contributed by atoms with Crippen LogP contribution in [-0.4, -0.2) is 34.0 Å². The minimum Gasteiger partial charge on any atom is -0.369 e. The Morgan fingerprint density at radius 2 is 2.10 bits per heavy atom. The molecule has 5 nitrogen and oxygen atoms in total. The molecular formula is C15H25N5. The van der Waals surface area contributed by atoms with Gasteiger partial charge in [-0.2, -0.15) is 0 Å². The molecule has 0 fully saturated rings. The molecule has 20 heavy (non-hydrogen) atoms. The van der Waals surface area contributed by atoms with Crippen LogP contribution in [0.15, 0.2) is 18.6 Å². The van der Waals surface area contributed by atoms with Crippen LogP contribution in [0.4, 0.5) is 11.6 Å². The van der Waals surface area contributed by atoms with Crippen molar-refractivity contribution in [2.45, 2.75) is 40.2 Å². The second-order valence-electron chi connectivity index (χ2n) is 5.73. The molecule has 1 atom stereocenters. The summed E-state index contributed by atoms with van der Waals surface area (Å²) in [5.41, 5.74) is 0.907. The van der Waals surface area contributed by atoms with E-state index in [1.807, 2.05) is 23.0 Å². The number of nitrogens with one attached hydrogen (secondary N) is 1. The van der Waals surface area contributed by atoms with Crippen LogP contribution < -0.4 is 10.2 Å². The molecule has 2 rings (SSSR count). The Hall–Kier alpha value is -1.78. The maximum absolute atomic E-state index is 4.72. The highest BCUT2D eigenvalue weighted by molar-refractivity contribution is 5.66. The summed E-state index contributed by atoms with van der Waals surface area (Å²) in [6, 6.07) is 0.430. The van der Waals surface area contributed by atoms with Crippen LogP contribution >= 0.6 is 0 Å². The number of rotatable bonds is 6. The van der Waals surface area contributed by atoms with Crippen LogP contribution in [0.5, 0.6) is 0 Å². The molecule has 0 aliphatic rings. The number of hydrogen-bond acceptors (Lipinski definition) is 4. The molecule has 0 aliphatic carbocycles. The van der Waals surface area contributed by atoms with Crippen molar-refractivity contribution in [3.8, 4) is 0 Å². The smallest absolute Gasteiger partial charge is 0.180 e. The third-order valence-electron chi connectivity index (χ3n) is 3.52. The van der Waals surface area contributed by atoms with E-state index in [2.05, 4.69) is 49.9 Å². The monoisotopic (exact) mass is 275 g/mol. The van der Waals surface area contributed by atoms with E-state index in [0.717, 1.165) is 30.2 Å². The first-order valence-corrected chi connectivity index (χ1v) is 7.33. The molecule has 5 heteroatoms. The Morgan fingerprint density at radius 1 is 1.35 bits per heavy atom. The van der Waals surface area contributed by atoms with E-state index in [9.17, 15) is 0 Å². The summed E-state index contributed by atoms with van der Waals surface area (Å²) in [4.78, 5) is 11.4. The van der Waals surface area contributed by atoms with Gasteiger partial charge in [0.15, 0.2) is 11.5 Å². The standard InChI is InChI=1S/C15H25N5/c1-6-16-13-10-20-8-7-17-14(20)15(18-13)19(5)12(4)9-11(2)3/h7-8,10-12,16H,6,9H2,1-5H3. The topological polar surface area (TPSA) is 45.5 Å². The van der Waals surface area contributed by atoms with Gasteiger partial charge in [0.25, 0.3) is 0 Å². The molecule has 0 bridgehead atoms. The summed E-state index contributed by atoms with van der Waals surface area (Å²) in [5.74, 6) is 2.48. The van der Waals surface area contributed by atoms with E-state index >= 15 is 0 Å². The van der Waals surface area contributed by atoms with Crippen LogP contribution in [0.1, 0.15) is 34.1 Å². The predicted octanol–water partition coefficient (Wildman–Crippen LogP) is 3.03. The molecule has 0 saturated heterocycles. The third kappa shape index (κ3) is 3.03. The van der Waals surface area contributed by atoms with Crippen molar-refractivity contribution in [3.63, 3.8) is 0 Å². The fourth-order valence-corrected chi connectivity index (χ4v) is 2.47. The predicted molar refractivity (Wildman–Crippen MR) is 84.5 cm³/mol. The van der Waals surface area contributed by atoms with E-state index in [1.165, 1.54) is 0 Å². The zero-order valence-electron chi connectivity index (χ0n) is 13.1. The highest BCUT2D eigenvalue weighted by Gasteiger charge is 2.17. The van der Waals surface area contributed by atoms with Gasteiger partial charge >= 0.3 is 0 Å². The molecule has 0 radical (unpaired) electrons. The van der Waals surface area contributed by atoms with Crippen molar-refractivity contribution in [3.05, 3.63) is 18.6 Å². The van der Waals surface area contributed by atoms with Crippen molar-refractivity contribution in [2.75, 3.05) is 23.8 Å². The molecular weight excluding hydrogens is 250 g/mol. The maximum atomic E-state index is 4.72. The van der Waals surface area contributed by atoms with E-state index in [4.69, 9.17) is 4.98 Å². The van der Waals surface area contributed by atoms with E-state index in [-0.39, 0.29) is 0 Å². The maximum Gasteiger partial charge on any atom is 0.180 e. The first-order chi connectivity index (χ1) is 9.52. The Morgan fingerprint density at radius 3 is 2.75 bits per heavy atom. The average Bonchev–Trinajstić information content (AvgIpc) is 2.84. The summed E-state index contributed by atoms with van der Waals surface area (Å²) in [7, 11) is 2.10. The Labute approximate surface area is 121 Å². The number of imidazole rings is 1. The highest BCUT2D eigenvalue weighted by Crippen LogP contribution is 2.23. The number of hydrogen-bond donors (Lipinski definition) is 1. The van der Waals surface area contributed by atoms with Gasteiger partial charge in [0.05, 0.1) is 6.20 Å². The fourth-order valence-electron chi connectivity index (χ4n) is 2.47. The molecule has 0 aliphatic heterocycles. The SMILES string of the molecule is CCNc1cn2ccnc2c(N(C)C(C)CC(C)C)n1. The molecule has 1 unspecified atom stereocenters. The molecule has 0 aromatic carbocycles. The third-order valence-corrected chi connectivity index (χ3v) is 3.52. The quantitative estimate of drug-likeness (QED) is 0.880. The lowest BCUT2D eigenvalue weighted by molar-refractivity contribution is 0.502. The minimum atomic E-state index is 0.430. The lowest BCUT2D eigenvalue weighted by Crippen LogP contribution is -2.31. The number of anilines is 2. The summed E-state index contributed by atoms with van der Waals surface area (Å²) >= 11 is 0. The molecule has 110 valence electrons. The Bertz CT molecular complexity index is 560. The molecule has 0 amide bonds. The van der Waals surface area contributed by atoms with Crippen LogP contribution in [0.3, 0.4) is 0 Å². The zero-order chi connectivity index (χ0) is 14.7. The zero-order valence-corrected chi connectivity index (χ0v) is 13.1. The lowest BCUT2D eigenvalue weighted by Gasteiger charge is -2.27. The molecule has 2 aromatic rings. The summed E-state index contributed by atoms with van der Waals surface area (Å²) in [5, 5.41) is 3.28. The normalized spacial score (nSPS) is 12.9. The number of nitrogens with zero attached hydrogens (tertiary/aromatic N) is 4. The van der Waals surface area contributed by atoms with Crippen molar-refractivity contribution in [1.82, 2.24) is 14.4 Å². The van der Waals surface area contributed by atoms with Gasteiger partial charge in [0, 0.05) is 32.0 Å². The van der Waals surface area contributed by atoms with Crippen LogP contribution in [0.2, 0.25) is 0 Å². The highest BCUT2D eigenvalue weighted by atomic mass is 15.2. The average molecular weight is 275 g/mol. The van der Waals surface area contributed by atoms with Crippen LogP contribution in [0, 0.1) is 5.92 Å². The van der Waals surface area contributed by atoms with Crippen molar-refractivity contribution in [1.29, 1.82) is 0 Å². The molecule has 2 heterocycles. The molecule has 0 saturated carbocycles. The van der Waals surface area contributed by atoms with Gasteiger partial charge < -0.3 is 14.6 Å². The lowest BCUT2D eigenvalue weighted by atomic mass is 10.0. The first-order valence-electron chi connectivity index (χ1n) is 7.33. The number of aromatic nitrogens is 3. The van der Waals surface area contributed by atoms with Crippen molar-refractivity contribution >= 4 is 17.3 Å². The Kier molecular flexibility index (Phi) is 4.47. The van der Waals surface area contributed by atoms with Crippen molar-refractivity contribution < 1.29 is 0 Å². The molecule has 1 N–H and O–H groups in total. The Balaban J connectivity index is 2.37.